The highest BCUT2D eigenvalue weighted by molar-refractivity contribution is 5.93. The van der Waals surface area contributed by atoms with Crippen LogP contribution in [-0.2, 0) is 16.0 Å². The Labute approximate surface area is 161 Å². The van der Waals surface area contributed by atoms with Crippen LogP contribution in [0.4, 0.5) is 4.39 Å². The number of aromatic amines is 1. The molecule has 3 aromatic rings. The van der Waals surface area contributed by atoms with E-state index in [0.29, 0.717) is 29.9 Å². The third-order valence-corrected chi connectivity index (χ3v) is 5.18. The predicted molar refractivity (Wildman–Crippen MR) is 106 cm³/mol. The summed E-state index contributed by atoms with van der Waals surface area (Å²) in [6.07, 6.45) is 6.33. The average molecular weight is 377 g/mol. The Morgan fingerprint density at radius 2 is 2.18 bits per heavy atom. The first-order valence-corrected chi connectivity index (χ1v) is 8.96. The van der Waals surface area contributed by atoms with Crippen molar-refractivity contribution in [3.8, 4) is 11.3 Å². The zero-order valence-electron chi connectivity index (χ0n) is 15.4. The Morgan fingerprint density at radius 1 is 1.32 bits per heavy atom. The third kappa shape index (κ3) is 3.17. The number of rotatable bonds is 5. The SMILES string of the molecule is COC1=CC=CC(Cc2ccc3[nH]nc(-c4cccc(F)c4)c3c2)(C(N)=O)C1. The number of methoxy groups -OCH3 is 1. The van der Waals surface area contributed by atoms with Crippen LogP contribution >= 0.6 is 0 Å². The van der Waals surface area contributed by atoms with Crippen molar-refractivity contribution in [1.29, 1.82) is 0 Å². The van der Waals surface area contributed by atoms with Gasteiger partial charge in [-0.1, -0.05) is 30.4 Å². The first-order valence-electron chi connectivity index (χ1n) is 8.96. The minimum atomic E-state index is -0.851. The second kappa shape index (κ2) is 6.96. The largest absolute Gasteiger partial charge is 0.501 e. The Hall–Kier alpha value is -3.41. The molecule has 0 aliphatic heterocycles. The van der Waals surface area contributed by atoms with E-state index >= 15 is 0 Å². The highest BCUT2D eigenvalue weighted by atomic mass is 19.1. The van der Waals surface area contributed by atoms with Crippen molar-refractivity contribution in [1.82, 2.24) is 10.2 Å². The van der Waals surface area contributed by atoms with E-state index in [0.717, 1.165) is 16.5 Å². The number of carbonyl (C=O) groups excluding carboxylic acids is 1. The molecule has 1 atom stereocenters. The molecule has 142 valence electrons. The molecule has 1 heterocycles. The normalized spacial score (nSPS) is 18.9. The van der Waals surface area contributed by atoms with E-state index in [1.807, 2.05) is 42.5 Å². The molecule has 0 radical (unpaired) electrons. The molecule has 0 saturated carbocycles. The molecule has 1 amide bonds. The molecule has 1 aliphatic carbocycles. The second-order valence-electron chi connectivity index (χ2n) is 7.03. The molecule has 4 rings (SSSR count). The lowest BCUT2D eigenvalue weighted by Crippen LogP contribution is -2.38. The Kier molecular flexibility index (Phi) is 4.47. The fraction of sp³-hybridized carbons (Fsp3) is 0.182. The fourth-order valence-corrected chi connectivity index (χ4v) is 3.68. The number of nitrogens with one attached hydrogen (secondary N) is 1. The van der Waals surface area contributed by atoms with E-state index in [2.05, 4.69) is 10.2 Å². The molecule has 1 unspecified atom stereocenters. The summed E-state index contributed by atoms with van der Waals surface area (Å²) in [5, 5.41) is 8.19. The molecular formula is C22H20FN3O2. The van der Waals surface area contributed by atoms with Crippen LogP contribution < -0.4 is 5.73 Å². The van der Waals surface area contributed by atoms with Gasteiger partial charge in [-0.15, -0.1) is 0 Å². The molecule has 2 aromatic carbocycles. The lowest BCUT2D eigenvalue weighted by molar-refractivity contribution is -0.125. The Morgan fingerprint density at radius 3 is 2.93 bits per heavy atom. The number of hydrogen-bond donors (Lipinski definition) is 2. The van der Waals surface area contributed by atoms with Gasteiger partial charge < -0.3 is 10.5 Å². The van der Waals surface area contributed by atoms with Crippen molar-refractivity contribution in [2.75, 3.05) is 7.11 Å². The molecule has 0 fully saturated rings. The van der Waals surface area contributed by atoms with E-state index in [1.54, 1.807) is 13.2 Å². The lowest BCUT2D eigenvalue weighted by Gasteiger charge is -2.30. The third-order valence-electron chi connectivity index (χ3n) is 5.18. The molecule has 0 bridgehead atoms. The van der Waals surface area contributed by atoms with E-state index < -0.39 is 11.3 Å². The van der Waals surface area contributed by atoms with Crippen LogP contribution in [0.5, 0.6) is 0 Å². The van der Waals surface area contributed by atoms with E-state index in [-0.39, 0.29) is 5.82 Å². The van der Waals surface area contributed by atoms with Gasteiger partial charge in [-0.05, 0) is 42.3 Å². The van der Waals surface area contributed by atoms with E-state index in [9.17, 15) is 9.18 Å². The number of H-pyrrole nitrogens is 1. The standard InChI is InChI=1S/C22H20FN3O2/c1-28-17-6-3-9-22(13-17,21(24)27)12-14-7-8-19-18(10-14)20(26-25-19)15-4-2-5-16(23)11-15/h2-11H,12-13H2,1H3,(H2,24,27)(H,25,26). The lowest BCUT2D eigenvalue weighted by atomic mass is 9.75. The number of nitrogens with two attached hydrogens (primary N) is 1. The van der Waals surface area contributed by atoms with Crippen LogP contribution in [0.2, 0.25) is 0 Å². The van der Waals surface area contributed by atoms with Gasteiger partial charge in [-0.3, -0.25) is 9.89 Å². The predicted octanol–water partition coefficient (Wildman–Crippen LogP) is 3.87. The number of fused-ring (bicyclic) bond motifs is 1. The van der Waals surface area contributed by atoms with Crippen molar-refractivity contribution >= 4 is 16.8 Å². The summed E-state index contributed by atoms with van der Waals surface area (Å²) in [5.74, 6) is -0.00102. The Balaban J connectivity index is 1.74. The maximum atomic E-state index is 13.6. The van der Waals surface area contributed by atoms with Gasteiger partial charge in [0.2, 0.25) is 5.91 Å². The summed E-state index contributed by atoms with van der Waals surface area (Å²) in [7, 11) is 1.58. The molecule has 0 spiro atoms. The van der Waals surface area contributed by atoms with Crippen LogP contribution in [0.1, 0.15) is 12.0 Å². The number of amides is 1. The minimum absolute atomic E-state index is 0.316. The maximum Gasteiger partial charge on any atom is 0.228 e. The number of nitrogens with zero attached hydrogens (tertiary/aromatic N) is 1. The number of carbonyl (C=O) groups is 1. The zero-order valence-corrected chi connectivity index (χ0v) is 15.4. The molecule has 28 heavy (non-hydrogen) atoms. The summed E-state index contributed by atoms with van der Waals surface area (Å²) in [6, 6.07) is 12.2. The van der Waals surface area contributed by atoms with Gasteiger partial charge in [0.05, 0.1) is 23.8 Å². The second-order valence-corrected chi connectivity index (χ2v) is 7.03. The van der Waals surface area contributed by atoms with Gasteiger partial charge in [0, 0.05) is 17.4 Å². The summed E-state index contributed by atoms with van der Waals surface area (Å²) >= 11 is 0. The first kappa shape index (κ1) is 18.0. The topological polar surface area (TPSA) is 81.0 Å². The van der Waals surface area contributed by atoms with Crippen LogP contribution in [0.3, 0.4) is 0 Å². The average Bonchev–Trinajstić information content (AvgIpc) is 3.11. The van der Waals surface area contributed by atoms with Gasteiger partial charge in [-0.2, -0.15) is 5.10 Å². The van der Waals surface area contributed by atoms with Crippen molar-refractivity contribution in [3.05, 3.63) is 77.8 Å². The van der Waals surface area contributed by atoms with E-state index in [4.69, 9.17) is 10.5 Å². The summed E-state index contributed by atoms with van der Waals surface area (Å²) in [6.45, 7) is 0. The zero-order chi connectivity index (χ0) is 19.7. The molecule has 0 saturated heterocycles. The molecule has 1 aliphatic rings. The summed E-state index contributed by atoms with van der Waals surface area (Å²) in [5.41, 5.74) is 8.05. The van der Waals surface area contributed by atoms with Gasteiger partial charge in [0.25, 0.3) is 0 Å². The maximum absolute atomic E-state index is 13.6. The van der Waals surface area contributed by atoms with Crippen LogP contribution in [0.15, 0.2) is 66.5 Å². The van der Waals surface area contributed by atoms with Crippen LogP contribution in [-0.4, -0.2) is 23.2 Å². The van der Waals surface area contributed by atoms with Gasteiger partial charge in [0.15, 0.2) is 0 Å². The summed E-state index contributed by atoms with van der Waals surface area (Å²) < 4.78 is 19.0. The number of allylic oxidation sites excluding steroid dienone is 3. The highest BCUT2D eigenvalue weighted by Gasteiger charge is 2.37. The molecular weight excluding hydrogens is 357 g/mol. The Bertz CT molecular complexity index is 1120. The number of benzene rings is 2. The summed E-state index contributed by atoms with van der Waals surface area (Å²) in [4.78, 5) is 12.3. The van der Waals surface area contributed by atoms with Crippen molar-refractivity contribution in [2.45, 2.75) is 12.8 Å². The molecule has 6 heteroatoms. The number of ether oxygens (including phenoxy) is 1. The number of aromatic nitrogens is 2. The molecule has 3 N–H and O–H groups in total. The fourth-order valence-electron chi connectivity index (χ4n) is 3.68. The van der Waals surface area contributed by atoms with Gasteiger partial charge >= 0.3 is 0 Å². The molecule has 1 aromatic heterocycles. The number of hydrogen-bond acceptors (Lipinski definition) is 3. The first-order chi connectivity index (χ1) is 13.5. The van der Waals surface area contributed by atoms with Crippen molar-refractivity contribution < 1.29 is 13.9 Å². The van der Waals surface area contributed by atoms with Gasteiger partial charge in [0.1, 0.15) is 11.5 Å². The van der Waals surface area contributed by atoms with Crippen LogP contribution in [0.25, 0.3) is 22.2 Å². The number of halogens is 1. The smallest absolute Gasteiger partial charge is 0.228 e. The van der Waals surface area contributed by atoms with Crippen molar-refractivity contribution in [3.63, 3.8) is 0 Å². The highest BCUT2D eigenvalue weighted by Crippen LogP contribution is 2.36. The molecule has 5 nitrogen and oxygen atoms in total. The van der Waals surface area contributed by atoms with Crippen molar-refractivity contribution in [2.24, 2.45) is 11.1 Å². The minimum Gasteiger partial charge on any atom is -0.501 e. The quantitative estimate of drug-likeness (QED) is 0.708. The number of primary amides is 1. The van der Waals surface area contributed by atoms with Crippen LogP contribution in [0, 0.1) is 11.2 Å². The monoisotopic (exact) mass is 377 g/mol. The van der Waals surface area contributed by atoms with Gasteiger partial charge in [-0.25, -0.2) is 4.39 Å². The van der Waals surface area contributed by atoms with E-state index in [1.165, 1.54) is 12.1 Å².